The zero-order chi connectivity index (χ0) is 8.81. The first-order valence-corrected chi connectivity index (χ1v) is 5.16. The van der Waals surface area contributed by atoms with Gasteiger partial charge in [-0.2, -0.15) is 0 Å². The van der Waals surface area contributed by atoms with Crippen LogP contribution in [0.25, 0.3) is 0 Å². The second kappa shape index (κ2) is 5.55. The van der Waals surface area contributed by atoms with Crippen LogP contribution in [-0.2, 0) is 0 Å². The van der Waals surface area contributed by atoms with E-state index in [1.165, 1.54) is 39.0 Å². The summed E-state index contributed by atoms with van der Waals surface area (Å²) in [5.74, 6) is 0. The highest BCUT2D eigenvalue weighted by molar-refractivity contribution is 4.79. The summed E-state index contributed by atoms with van der Waals surface area (Å²) in [5.41, 5.74) is 0. The fourth-order valence-electron chi connectivity index (χ4n) is 1.69. The molecule has 1 fully saturated rings. The zero-order valence-corrected chi connectivity index (χ0v) is 8.42. The van der Waals surface area contributed by atoms with Gasteiger partial charge in [0, 0.05) is 26.2 Å². The van der Waals surface area contributed by atoms with Gasteiger partial charge < -0.3 is 4.90 Å². The van der Waals surface area contributed by atoms with Gasteiger partial charge in [0.15, 0.2) is 0 Å². The average Bonchev–Trinajstić information content (AvgIpc) is 2.09. The van der Waals surface area contributed by atoms with Crippen molar-refractivity contribution in [2.75, 3.05) is 32.7 Å². The maximum atomic E-state index is 2.52. The molecule has 0 atom stereocenters. The quantitative estimate of drug-likeness (QED) is 0.630. The van der Waals surface area contributed by atoms with Crippen molar-refractivity contribution in [2.24, 2.45) is 0 Å². The van der Waals surface area contributed by atoms with Crippen molar-refractivity contribution in [3.05, 3.63) is 6.54 Å². The Morgan fingerprint density at radius 1 is 1.08 bits per heavy atom. The molecule has 0 aromatic rings. The van der Waals surface area contributed by atoms with Gasteiger partial charge in [-0.1, -0.05) is 13.8 Å². The summed E-state index contributed by atoms with van der Waals surface area (Å²) in [6.45, 7) is 13.0. The van der Waals surface area contributed by atoms with Crippen molar-refractivity contribution in [1.29, 1.82) is 0 Å². The minimum absolute atomic E-state index is 1.16. The second-order valence-electron chi connectivity index (χ2n) is 3.52. The van der Waals surface area contributed by atoms with Crippen LogP contribution in [0.15, 0.2) is 0 Å². The zero-order valence-electron chi connectivity index (χ0n) is 8.42. The van der Waals surface area contributed by atoms with Gasteiger partial charge >= 0.3 is 0 Å². The largest absolute Gasteiger partial charge is 0.300 e. The summed E-state index contributed by atoms with van der Waals surface area (Å²) in [7, 11) is 0. The maximum Gasteiger partial charge on any atom is 0.0391 e. The Labute approximate surface area is 76.5 Å². The molecule has 2 heteroatoms. The Kier molecular flexibility index (Phi) is 4.62. The molecule has 0 amide bonds. The van der Waals surface area contributed by atoms with Crippen LogP contribution < -0.4 is 0 Å². The molecule has 0 aliphatic carbocycles. The maximum absolute atomic E-state index is 2.52. The molecule has 0 aromatic heterocycles. The molecule has 0 bridgehead atoms. The highest BCUT2D eigenvalue weighted by Gasteiger charge is 2.14. The fourth-order valence-corrected chi connectivity index (χ4v) is 1.69. The Morgan fingerprint density at radius 3 is 2.33 bits per heavy atom. The Balaban J connectivity index is 2.11. The van der Waals surface area contributed by atoms with Crippen LogP contribution in [0, 0.1) is 6.54 Å². The minimum atomic E-state index is 1.16. The van der Waals surface area contributed by atoms with E-state index in [-0.39, 0.29) is 0 Å². The lowest BCUT2D eigenvalue weighted by molar-refractivity contribution is 0.170. The normalized spacial score (nSPS) is 21.5. The van der Waals surface area contributed by atoms with Crippen LogP contribution in [-0.4, -0.2) is 42.5 Å². The van der Waals surface area contributed by atoms with Crippen LogP contribution in [0.4, 0.5) is 0 Å². The summed E-state index contributed by atoms with van der Waals surface area (Å²) in [4.78, 5) is 4.97. The van der Waals surface area contributed by atoms with Gasteiger partial charge in [0.2, 0.25) is 0 Å². The summed E-state index contributed by atoms with van der Waals surface area (Å²) in [5, 5.41) is 0. The third-order valence-corrected chi connectivity index (χ3v) is 2.35. The molecule has 0 spiro atoms. The molecule has 1 saturated heterocycles. The first-order valence-electron chi connectivity index (χ1n) is 5.16. The van der Waals surface area contributed by atoms with E-state index < -0.39 is 0 Å². The van der Waals surface area contributed by atoms with E-state index in [1.54, 1.807) is 0 Å². The number of hydrogen-bond acceptors (Lipinski definition) is 2. The van der Waals surface area contributed by atoms with Crippen molar-refractivity contribution in [3.63, 3.8) is 0 Å². The standard InChI is InChI=1S/C10H21N2/c1-3-5-11-7-9-12(6-4-2)10-8-11/h7H,3-6,8-10H2,1-2H3. The topological polar surface area (TPSA) is 6.48 Å². The molecule has 1 aliphatic heterocycles. The molecule has 0 unspecified atom stereocenters. The summed E-state index contributed by atoms with van der Waals surface area (Å²) < 4.78 is 0. The smallest absolute Gasteiger partial charge is 0.0391 e. The molecule has 1 aliphatic rings. The molecular weight excluding hydrogens is 148 g/mol. The van der Waals surface area contributed by atoms with Gasteiger partial charge in [-0.05, 0) is 25.9 Å². The molecule has 12 heavy (non-hydrogen) atoms. The first-order chi connectivity index (χ1) is 5.86. The van der Waals surface area contributed by atoms with Gasteiger partial charge in [-0.3, -0.25) is 4.90 Å². The molecule has 0 saturated carbocycles. The molecule has 1 heterocycles. The van der Waals surface area contributed by atoms with Crippen LogP contribution in [0.2, 0.25) is 0 Å². The van der Waals surface area contributed by atoms with E-state index in [4.69, 9.17) is 0 Å². The summed E-state index contributed by atoms with van der Waals surface area (Å²) >= 11 is 0. The molecule has 1 rings (SSSR count). The first kappa shape index (κ1) is 10.0. The van der Waals surface area contributed by atoms with E-state index in [2.05, 4.69) is 30.2 Å². The monoisotopic (exact) mass is 169 g/mol. The van der Waals surface area contributed by atoms with Crippen molar-refractivity contribution >= 4 is 0 Å². The van der Waals surface area contributed by atoms with Gasteiger partial charge in [0.05, 0.1) is 0 Å². The highest BCUT2D eigenvalue weighted by atomic mass is 15.3. The number of piperazine rings is 1. The van der Waals surface area contributed by atoms with Crippen LogP contribution >= 0.6 is 0 Å². The lowest BCUT2D eigenvalue weighted by Crippen LogP contribution is -2.43. The van der Waals surface area contributed by atoms with Crippen LogP contribution in [0.5, 0.6) is 0 Å². The third-order valence-electron chi connectivity index (χ3n) is 2.35. The molecule has 0 N–H and O–H groups in total. The average molecular weight is 169 g/mol. The van der Waals surface area contributed by atoms with E-state index in [0.29, 0.717) is 0 Å². The lowest BCUT2D eigenvalue weighted by atomic mass is 10.3. The second-order valence-corrected chi connectivity index (χ2v) is 3.52. The van der Waals surface area contributed by atoms with Crippen molar-refractivity contribution < 1.29 is 0 Å². The minimum Gasteiger partial charge on any atom is -0.300 e. The predicted molar refractivity (Wildman–Crippen MR) is 52.9 cm³/mol. The number of nitrogens with zero attached hydrogens (tertiary/aromatic N) is 2. The molecule has 2 nitrogen and oxygen atoms in total. The van der Waals surface area contributed by atoms with E-state index in [9.17, 15) is 0 Å². The molecule has 1 radical (unpaired) electrons. The van der Waals surface area contributed by atoms with Crippen molar-refractivity contribution in [1.82, 2.24) is 9.80 Å². The van der Waals surface area contributed by atoms with Gasteiger partial charge in [-0.25, -0.2) is 0 Å². The Morgan fingerprint density at radius 2 is 1.83 bits per heavy atom. The van der Waals surface area contributed by atoms with E-state index in [0.717, 1.165) is 6.54 Å². The summed E-state index contributed by atoms with van der Waals surface area (Å²) in [6.07, 6.45) is 2.55. The SMILES string of the molecule is CCCN1[CH]CN(CCC)CC1. The molecule has 71 valence electrons. The number of hydrogen-bond donors (Lipinski definition) is 0. The van der Waals surface area contributed by atoms with Gasteiger partial charge in [0.1, 0.15) is 0 Å². The fraction of sp³-hybridized carbons (Fsp3) is 0.900. The van der Waals surface area contributed by atoms with E-state index >= 15 is 0 Å². The lowest BCUT2D eigenvalue weighted by Gasteiger charge is -2.33. The van der Waals surface area contributed by atoms with Gasteiger partial charge in [-0.15, -0.1) is 0 Å². The molecule has 0 aromatic carbocycles. The van der Waals surface area contributed by atoms with Crippen molar-refractivity contribution in [2.45, 2.75) is 26.7 Å². The van der Waals surface area contributed by atoms with Crippen LogP contribution in [0.1, 0.15) is 26.7 Å². The van der Waals surface area contributed by atoms with E-state index in [1.807, 2.05) is 0 Å². The Hall–Kier alpha value is -0.0800. The predicted octanol–water partition coefficient (Wildman–Crippen LogP) is 1.59. The Bertz CT molecular complexity index is 92.4. The van der Waals surface area contributed by atoms with Crippen LogP contribution in [0.3, 0.4) is 0 Å². The van der Waals surface area contributed by atoms with Crippen molar-refractivity contribution in [3.8, 4) is 0 Å². The summed E-state index contributed by atoms with van der Waals surface area (Å²) in [6, 6.07) is 0. The molecular formula is C10H21N2. The third kappa shape index (κ3) is 3.11. The van der Waals surface area contributed by atoms with Gasteiger partial charge in [0.25, 0.3) is 0 Å². The highest BCUT2D eigenvalue weighted by Crippen LogP contribution is 2.05. The number of rotatable bonds is 4.